The van der Waals surface area contributed by atoms with Crippen molar-refractivity contribution in [2.75, 3.05) is 13.1 Å². The maximum Gasteiger partial charge on any atom is 0.244 e. The van der Waals surface area contributed by atoms with Crippen LogP contribution in [-0.2, 0) is 23.7 Å². The molecule has 0 amide bonds. The highest BCUT2D eigenvalue weighted by atomic mass is 32.2. The van der Waals surface area contributed by atoms with Gasteiger partial charge in [0, 0.05) is 32.0 Å². The van der Waals surface area contributed by atoms with Crippen molar-refractivity contribution >= 4 is 10.0 Å². The third-order valence-electron chi connectivity index (χ3n) is 2.59. The zero-order chi connectivity index (χ0) is 12.3. The Labute approximate surface area is 96.4 Å². The summed E-state index contributed by atoms with van der Waals surface area (Å²) in [5.74, 6) is 0. The number of hydrogen-bond donors (Lipinski definition) is 1. The second-order valence-electron chi connectivity index (χ2n) is 3.53. The summed E-state index contributed by atoms with van der Waals surface area (Å²) in [5, 5.41) is 9.02. The minimum atomic E-state index is -3.41. The van der Waals surface area contributed by atoms with E-state index in [1.165, 1.54) is 16.6 Å². The van der Waals surface area contributed by atoms with Gasteiger partial charge in [0.05, 0.1) is 6.61 Å². The Morgan fingerprint density at radius 1 is 1.38 bits per heavy atom. The topological polar surface area (TPSA) is 62.5 Å². The van der Waals surface area contributed by atoms with Gasteiger partial charge in [0.1, 0.15) is 4.90 Å². The van der Waals surface area contributed by atoms with Gasteiger partial charge in [-0.15, -0.1) is 0 Å². The molecule has 92 valence electrons. The van der Waals surface area contributed by atoms with Crippen LogP contribution in [0.4, 0.5) is 0 Å². The van der Waals surface area contributed by atoms with Crippen molar-refractivity contribution < 1.29 is 13.5 Å². The number of aromatic nitrogens is 1. The van der Waals surface area contributed by atoms with Gasteiger partial charge in [0.25, 0.3) is 0 Å². The molecular formula is C10H18N2O3S. The minimum absolute atomic E-state index is 0.162. The van der Waals surface area contributed by atoms with Gasteiger partial charge < -0.3 is 9.67 Å². The van der Waals surface area contributed by atoms with Crippen molar-refractivity contribution in [2.24, 2.45) is 7.05 Å². The van der Waals surface area contributed by atoms with E-state index in [4.69, 9.17) is 5.11 Å². The zero-order valence-electron chi connectivity index (χ0n) is 9.84. The number of aliphatic hydroxyl groups is 1. The van der Waals surface area contributed by atoms with Crippen LogP contribution in [0.3, 0.4) is 0 Å². The van der Waals surface area contributed by atoms with Crippen LogP contribution in [0.1, 0.15) is 19.5 Å². The molecule has 0 spiro atoms. The number of sulfonamides is 1. The Morgan fingerprint density at radius 2 is 1.94 bits per heavy atom. The van der Waals surface area contributed by atoms with Gasteiger partial charge in [-0.05, 0) is 6.07 Å². The Hall–Kier alpha value is -0.850. The Bertz CT molecular complexity index is 447. The van der Waals surface area contributed by atoms with Crippen molar-refractivity contribution in [3.05, 3.63) is 18.0 Å². The maximum atomic E-state index is 12.1. The largest absolute Gasteiger partial charge is 0.390 e. The molecule has 6 heteroatoms. The molecule has 1 N–H and O–H groups in total. The molecule has 0 bridgehead atoms. The third-order valence-corrected chi connectivity index (χ3v) is 4.60. The lowest BCUT2D eigenvalue weighted by atomic mass is 10.5. The molecular weight excluding hydrogens is 228 g/mol. The highest BCUT2D eigenvalue weighted by Gasteiger charge is 2.23. The lowest BCUT2D eigenvalue weighted by molar-refractivity contribution is 0.272. The average Bonchev–Trinajstić information content (AvgIpc) is 2.61. The van der Waals surface area contributed by atoms with Gasteiger partial charge in [-0.3, -0.25) is 0 Å². The van der Waals surface area contributed by atoms with Crippen molar-refractivity contribution in [3.8, 4) is 0 Å². The fraction of sp³-hybridized carbons (Fsp3) is 0.600. The molecule has 5 nitrogen and oxygen atoms in total. The molecule has 0 saturated heterocycles. The van der Waals surface area contributed by atoms with Gasteiger partial charge in [0.2, 0.25) is 10.0 Å². The SMILES string of the molecule is CCN(CC)S(=O)(=O)c1cc(CO)n(C)c1. The van der Waals surface area contributed by atoms with Crippen LogP contribution in [0, 0.1) is 0 Å². The van der Waals surface area contributed by atoms with E-state index in [1.807, 2.05) is 0 Å². The van der Waals surface area contributed by atoms with Gasteiger partial charge in [0.15, 0.2) is 0 Å². The van der Waals surface area contributed by atoms with Crippen LogP contribution in [0.5, 0.6) is 0 Å². The number of aryl methyl sites for hydroxylation is 1. The van der Waals surface area contributed by atoms with Gasteiger partial charge in [-0.2, -0.15) is 4.31 Å². The van der Waals surface area contributed by atoms with E-state index in [2.05, 4.69) is 0 Å². The first-order chi connectivity index (χ1) is 7.47. The number of rotatable bonds is 5. The van der Waals surface area contributed by atoms with Crippen molar-refractivity contribution in [2.45, 2.75) is 25.3 Å². The van der Waals surface area contributed by atoms with Crippen LogP contribution >= 0.6 is 0 Å². The second kappa shape index (κ2) is 4.99. The Balaban J connectivity index is 3.16. The summed E-state index contributed by atoms with van der Waals surface area (Å²) in [6.45, 7) is 4.34. The Kier molecular flexibility index (Phi) is 4.12. The average molecular weight is 246 g/mol. The molecule has 0 aliphatic heterocycles. The van der Waals surface area contributed by atoms with Crippen LogP contribution in [0.25, 0.3) is 0 Å². The van der Waals surface area contributed by atoms with Crippen molar-refractivity contribution in [1.29, 1.82) is 0 Å². The van der Waals surface area contributed by atoms with Gasteiger partial charge in [-0.25, -0.2) is 8.42 Å². The van der Waals surface area contributed by atoms with Gasteiger partial charge in [-0.1, -0.05) is 13.8 Å². The standard InChI is InChI=1S/C10H18N2O3S/c1-4-12(5-2)16(14,15)10-6-9(8-13)11(3)7-10/h6-7,13H,4-5,8H2,1-3H3. The van der Waals surface area contributed by atoms with E-state index in [0.29, 0.717) is 18.8 Å². The lowest BCUT2D eigenvalue weighted by Gasteiger charge is -2.17. The van der Waals surface area contributed by atoms with E-state index in [1.54, 1.807) is 25.5 Å². The molecule has 0 atom stereocenters. The normalized spacial score (nSPS) is 12.3. The molecule has 0 unspecified atom stereocenters. The molecule has 0 radical (unpaired) electrons. The fourth-order valence-electron chi connectivity index (χ4n) is 1.59. The summed E-state index contributed by atoms with van der Waals surface area (Å²) < 4.78 is 27.2. The van der Waals surface area contributed by atoms with Gasteiger partial charge >= 0.3 is 0 Å². The van der Waals surface area contributed by atoms with E-state index in [-0.39, 0.29) is 11.5 Å². The minimum Gasteiger partial charge on any atom is -0.390 e. The smallest absolute Gasteiger partial charge is 0.244 e. The summed E-state index contributed by atoms with van der Waals surface area (Å²) in [6, 6.07) is 1.51. The molecule has 1 heterocycles. The number of aliphatic hydroxyl groups excluding tert-OH is 1. The molecule has 0 saturated carbocycles. The van der Waals surface area contributed by atoms with E-state index >= 15 is 0 Å². The highest BCUT2D eigenvalue weighted by molar-refractivity contribution is 7.89. The molecule has 1 aromatic heterocycles. The van der Waals surface area contributed by atoms with Crippen LogP contribution in [0.15, 0.2) is 17.2 Å². The summed E-state index contributed by atoms with van der Waals surface area (Å²) in [7, 11) is -1.70. The van der Waals surface area contributed by atoms with Crippen LogP contribution < -0.4 is 0 Å². The summed E-state index contributed by atoms with van der Waals surface area (Å²) in [6.07, 6.45) is 1.53. The summed E-state index contributed by atoms with van der Waals surface area (Å²) in [5.41, 5.74) is 0.589. The highest BCUT2D eigenvalue weighted by Crippen LogP contribution is 2.18. The van der Waals surface area contributed by atoms with Crippen LogP contribution in [-0.4, -0.2) is 35.5 Å². The molecule has 1 rings (SSSR count). The first-order valence-electron chi connectivity index (χ1n) is 5.23. The third kappa shape index (κ3) is 2.28. The fourth-order valence-corrected chi connectivity index (χ4v) is 3.14. The second-order valence-corrected chi connectivity index (χ2v) is 5.46. The number of nitrogens with zero attached hydrogens (tertiary/aromatic N) is 2. The molecule has 0 aliphatic carbocycles. The van der Waals surface area contributed by atoms with Crippen molar-refractivity contribution in [3.63, 3.8) is 0 Å². The van der Waals surface area contributed by atoms with Crippen molar-refractivity contribution in [1.82, 2.24) is 8.87 Å². The maximum absolute atomic E-state index is 12.1. The lowest BCUT2D eigenvalue weighted by Crippen LogP contribution is -2.30. The predicted molar refractivity (Wildman–Crippen MR) is 61.4 cm³/mol. The van der Waals surface area contributed by atoms with Crippen LogP contribution in [0.2, 0.25) is 0 Å². The summed E-state index contributed by atoms with van der Waals surface area (Å²) in [4.78, 5) is 0.239. The number of hydrogen-bond acceptors (Lipinski definition) is 3. The zero-order valence-corrected chi connectivity index (χ0v) is 10.7. The molecule has 0 aliphatic rings. The van der Waals surface area contributed by atoms with E-state index in [0.717, 1.165) is 0 Å². The molecule has 1 aromatic rings. The first-order valence-corrected chi connectivity index (χ1v) is 6.67. The monoisotopic (exact) mass is 246 g/mol. The molecule has 0 fully saturated rings. The Morgan fingerprint density at radius 3 is 2.31 bits per heavy atom. The molecule has 16 heavy (non-hydrogen) atoms. The summed E-state index contributed by atoms with van der Waals surface area (Å²) >= 11 is 0. The first kappa shape index (κ1) is 13.2. The van der Waals surface area contributed by atoms with E-state index < -0.39 is 10.0 Å². The predicted octanol–water partition coefficient (Wildman–Crippen LogP) is 0.548. The van der Waals surface area contributed by atoms with E-state index in [9.17, 15) is 8.42 Å². The quantitative estimate of drug-likeness (QED) is 0.825. The molecule has 0 aromatic carbocycles.